The van der Waals surface area contributed by atoms with Crippen molar-refractivity contribution in [2.24, 2.45) is 0 Å². The molecule has 1 atom stereocenters. The summed E-state index contributed by atoms with van der Waals surface area (Å²) in [6, 6.07) is 24.0. The fourth-order valence-electron chi connectivity index (χ4n) is 2.94. The summed E-state index contributed by atoms with van der Waals surface area (Å²) in [5.74, 6) is -0.267. The van der Waals surface area contributed by atoms with Gasteiger partial charge in [0.1, 0.15) is 11.4 Å². The molecule has 32 heavy (non-hydrogen) atoms. The minimum atomic E-state index is -4.57. The highest BCUT2D eigenvalue weighted by atomic mass is 32.2. The van der Waals surface area contributed by atoms with Crippen molar-refractivity contribution in [2.45, 2.75) is 47.2 Å². The third kappa shape index (κ3) is 6.79. The van der Waals surface area contributed by atoms with Crippen LogP contribution in [-0.4, -0.2) is 24.4 Å². The van der Waals surface area contributed by atoms with Gasteiger partial charge in [0.2, 0.25) is 0 Å². The first-order valence-corrected chi connectivity index (χ1v) is 11.2. The number of benzene rings is 3. The smallest absolute Gasteiger partial charge is 0.422 e. The molecule has 0 saturated carbocycles. The van der Waals surface area contributed by atoms with Crippen LogP contribution in [0.5, 0.6) is 5.75 Å². The molecule has 0 radical (unpaired) electrons. The van der Waals surface area contributed by atoms with E-state index in [0.717, 1.165) is 20.4 Å². The Hall–Kier alpha value is -2.93. The molecule has 0 N–H and O–H groups in total. The predicted molar refractivity (Wildman–Crippen MR) is 118 cm³/mol. The second-order valence-corrected chi connectivity index (χ2v) is 10.1. The molecular formula is C25H24F3O3S+. The third-order valence-electron chi connectivity index (χ3n) is 4.13. The number of rotatable bonds is 6. The highest BCUT2D eigenvalue weighted by Crippen LogP contribution is 2.33. The van der Waals surface area contributed by atoms with E-state index < -0.39 is 29.6 Å². The lowest BCUT2D eigenvalue weighted by Crippen LogP contribution is -2.22. The lowest BCUT2D eigenvalue weighted by Gasteiger charge is -2.21. The van der Waals surface area contributed by atoms with E-state index in [4.69, 9.17) is 4.74 Å². The monoisotopic (exact) mass is 461 g/mol. The lowest BCUT2D eigenvalue weighted by atomic mass is 10.2. The minimum absolute atomic E-state index is 0.0767. The van der Waals surface area contributed by atoms with Crippen LogP contribution in [0.1, 0.15) is 31.1 Å². The van der Waals surface area contributed by atoms with Crippen LogP contribution in [0.4, 0.5) is 13.2 Å². The Labute approximate surface area is 188 Å². The maximum Gasteiger partial charge on any atom is 0.422 e. The average molecular weight is 462 g/mol. The van der Waals surface area contributed by atoms with E-state index in [1.165, 1.54) is 6.07 Å². The minimum Gasteiger partial charge on any atom is -0.488 e. The van der Waals surface area contributed by atoms with Crippen molar-refractivity contribution >= 4 is 16.9 Å². The first kappa shape index (κ1) is 23.7. The number of alkyl halides is 3. The van der Waals surface area contributed by atoms with E-state index >= 15 is 0 Å². The van der Waals surface area contributed by atoms with Crippen LogP contribution in [0.3, 0.4) is 0 Å². The molecule has 7 heteroatoms. The summed E-state index contributed by atoms with van der Waals surface area (Å²) in [5, 5.41) is 0. The van der Waals surface area contributed by atoms with Crippen LogP contribution in [0.2, 0.25) is 0 Å². The van der Waals surface area contributed by atoms with Gasteiger partial charge >= 0.3 is 12.1 Å². The van der Waals surface area contributed by atoms with Crippen LogP contribution in [0.25, 0.3) is 0 Å². The van der Waals surface area contributed by atoms with Crippen LogP contribution in [0.15, 0.2) is 93.5 Å². The second-order valence-electron chi connectivity index (χ2n) is 8.02. The van der Waals surface area contributed by atoms with Gasteiger partial charge in [0.05, 0.1) is 16.5 Å². The SMILES string of the molecule is CC(C)(C)Oc1ccc([S+](c2ccccc2)c2cccc(C(=O)OCC(F)(F)F)c2)cc1. The number of carbonyl (C=O) groups excluding carboxylic acids is 1. The van der Waals surface area contributed by atoms with Gasteiger partial charge in [0.25, 0.3) is 0 Å². The van der Waals surface area contributed by atoms with E-state index in [1.807, 2.05) is 81.4 Å². The number of hydrogen-bond donors (Lipinski definition) is 0. The molecular weight excluding hydrogens is 437 g/mol. The van der Waals surface area contributed by atoms with E-state index in [1.54, 1.807) is 12.1 Å². The molecule has 0 fully saturated rings. The van der Waals surface area contributed by atoms with Crippen LogP contribution >= 0.6 is 0 Å². The van der Waals surface area contributed by atoms with Gasteiger partial charge in [-0.1, -0.05) is 24.3 Å². The molecule has 3 aromatic rings. The molecule has 0 heterocycles. The Balaban J connectivity index is 1.95. The van der Waals surface area contributed by atoms with Crippen molar-refractivity contribution in [3.05, 3.63) is 84.4 Å². The normalized spacial score (nSPS) is 12.8. The predicted octanol–water partition coefficient (Wildman–Crippen LogP) is 6.68. The van der Waals surface area contributed by atoms with E-state index in [0.29, 0.717) is 0 Å². The molecule has 0 spiro atoms. The number of hydrogen-bond acceptors (Lipinski definition) is 3. The number of halogens is 3. The van der Waals surface area contributed by atoms with Gasteiger partial charge in [-0.2, -0.15) is 13.2 Å². The molecule has 168 valence electrons. The van der Waals surface area contributed by atoms with Gasteiger partial charge in [-0.15, -0.1) is 0 Å². The van der Waals surface area contributed by atoms with E-state index in [-0.39, 0.29) is 11.2 Å². The summed E-state index contributed by atoms with van der Waals surface area (Å²) < 4.78 is 47.6. The van der Waals surface area contributed by atoms with Crippen molar-refractivity contribution in [1.82, 2.24) is 0 Å². The van der Waals surface area contributed by atoms with Crippen LogP contribution in [-0.2, 0) is 15.6 Å². The maximum absolute atomic E-state index is 12.4. The number of esters is 1. The lowest BCUT2D eigenvalue weighted by molar-refractivity contribution is -0.161. The van der Waals surface area contributed by atoms with E-state index in [2.05, 4.69) is 4.74 Å². The van der Waals surface area contributed by atoms with Gasteiger partial charge in [0, 0.05) is 6.07 Å². The summed E-state index contributed by atoms with van der Waals surface area (Å²) in [5.41, 5.74) is -0.249. The van der Waals surface area contributed by atoms with Crippen molar-refractivity contribution in [1.29, 1.82) is 0 Å². The van der Waals surface area contributed by atoms with Crippen molar-refractivity contribution in [3.63, 3.8) is 0 Å². The van der Waals surface area contributed by atoms with Gasteiger partial charge in [-0.3, -0.25) is 0 Å². The van der Waals surface area contributed by atoms with E-state index in [9.17, 15) is 18.0 Å². The molecule has 3 nitrogen and oxygen atoms in total. The summed E-state index contributed by atoms with van der Waals surface area (Å²) in [7, 11) is -0.579. The van der Waals surface area contributed by atoms with Crippen molar-refractivity contribution in [2.75, 3.05) is 6.61 Å². The van der Waals surface area contributed by atoms with Crippen LogP contribution in [0, 0.1) is 0 Å². The topological polar surface area (TPSA) is 35.5 Å². The summed E-state index contributed by atoms with van der Waals surface area (Å²) in [6.45, 7) is 4.30. The van der Waals surface area contributed by atoms with Gasteiger partial charge in [-0.05, 0) is 69.3 Å². The Morgan fingerprint density at radius 1 is 0.812 bits per heavy atom. The molecule has 0 aliphatic rings. The Kier molecular flexibility index (Phi) is 7.19. The fraction of sp³-hybridized carbons (Fsp3) is 0.240. The van der Waals surface area contributed by atoms with Gasteiger partial charge in [0.15, 0.2) is 21.3 Å². The zero-order valence-corrected chi connectivity index (χ0v) is 18.8. The fourth-order valence-corrected chi connectivity index (χ4v) is 5.06. The summed E-state index contributed by atoms with van der Waals surface area (Å²) in [6.07, 6.45) is -4.57. The summed E-state index contributed by atoms with van der Waals surface area (Å²) >= 11 is 0. The standard InChI is InChI=1S/C25H24F3O3S/c1-24(2,3)31-19-12-14-21(15-13-19)32(20-9-5-4-6-10-20)22-11-7-8-18(16-22)23(29)30-17-25(26,27)28/h4-16H,17H2,1-3H3/q+1. The third-order valence-corrected chi connectivity index (χ3v) is 6.35. The Morgan fingerprint density at radius 3 is 2.00 bits per heavy atom. The molecule has 0 aliphatic carbocycles. The van der Waals surface area contributed by atoms with Gasteiger partial charge in [-0.25, -0.2) is 4.79 Å². The number of ether oxygens (including phenoxy) is 2. The maximum atomic E-state index is 12.4. The number of carbonyl (C=O) groups is 1. The first-order chi connectivity index (χ1) is 15.0. The second kappa shape index (κ2) is 9.69. The Morgan fingerprint density at radius 2 is 1.41 bits per heavy atom. The average Bonchev–Trinajstić information content (AvgIpc) is 2.73. The Bertz CT molecular complexity index is 1040. The molecule has 0 amide bonds. The molecule has 0 aliphatic heterocycles. The van der Waals surface area contributed by atoms with Gasteiger partial charge < -0.3 is 9.47 Å². The highest BCUT2D eigenvalue weighted by molar-refractivity contribution is 7.97. The van der Waals surface area contributed by atoms with Crippen LogP contribution < -0.4 is 4.74 Å². The molecule has 0 aromatic heterocycles. The highest BCUT2D eigenvalue weighted by Gasteiger charge is 2.32. The molecule has 0 saturated heterocycles. The molecule has 0 bridgehead atoms. The van der Waals surface area contributed by atoms with Crippen molar-refractivity contribution in [3.8, 4) is 5.75 Å². The first-order valence-electron chi connectivity index (χ1n) is 9.94. The summed E-state index contributed by atoms with van der Waals surface area (Å²) in [4.78, 5) is 15.0. The molecule has 3 aromatic carbocycles. The largest absolute Gasteiger partial charge is 0.488 e. The van der Waals surface area contributed by atoms with Crippen molar-refractivity contribution < 1.29 is 27.4 Å². The quantitative estimate of drug-likeness (QED) is 0.303. The molecule has 3 rings (SSSR count). The zero-order valence-electron chi connectivity index (χ0n) is 18.0. The molecule has 1 unspecified atom stereocenters. The zero-order chi connectivity index (χ0) is 23.4.